The van der Waals surface area contributed by atoms with E-state index in [9.17, 15) is 54.3 Å². The summed E-state index contributed by atoms with van der Waals surface area (Å²) in [4.78, 5) is 80.9. The Balaban J connectivity index is 1.91. The molecule has 2 aromatic heterocycles. The Morgan fingerprint density at radius 1 is 1.09 bits per heavy atom. The van der Waals surface area contributed by atoms with Gasteiger partial charge in [-0.1, -0.05) is 6.92 Å². The van der Waals surface area contributed by atoms with Crippen molar-refractivity contribution in [2.24, 2.45) is 11.7 Å². The van der Waals surface area contributed by atoms with Gasteiger partial charge < -0.3 is 56.7 Å². The van der Waals surface area contributed by atoms with Crippen LogP contribution in [0, 0.1) is 5.92 Å². The van der Waals surface area contributed by atoms with Crippen LogP contribution in [0.4, 0.5) is 0 Å². The molecule has 0 aromatic carbocycles. The molecule has 0 radical (unpaired) electrons. The van der Waals surface area contributed by atoms with Gasteiger partial charge in [0.1, 0.15) is 48.4 Å². The van der Waals surface area contributed by atoms with Crippen molar-refractivity contribution in [3.63, 3.8) is 0 Å². The summed E-state index contributed by atoms with van der Waals surface area (Å²) in [5.41, 5.74) is 3.85. The maximum absolute atomic E-state index is 13.4. The number of aliphatic hydroxyl groups excluding tert-OH is 3. The van der Waals surface area contributed by atoms with E-state index in [0.29, 0.717) is 0 Å². The molecule has 19 nitrogen and oxygen atoms in total. The van der Waals surface area contributed by atoms with Gasteiger partial charge in [-0.15, -0.1) is 0 Å². The second-order valence-corrected chi connectivity index (χ2v) is 10.1. The Labute approximate surface area is 246 Å². The van der Waals surface area contributed by atoms with Gasteiger partial charge in [0.05, 0.1) is 23.5 Å². The minimum Gasteiger partial charge on any atom is -0.506 e. The van der Waals surface area contributed by atoms with Gasteiger partial charge >= 0.3 is 17.6 Å². The van der Waals surface area contributed by atoms with Crippen molar-refractivity contribution in [3.05, 3.63) is 56.6 Å². The van der Waals surface area contributed by atoms with Gasteiger partial charge in [-0.05, 0) is 18.6 Å². The van der Waals surface area contributed by atoms with Crippen molar-refractivity contribution in [2.75, 3.05) is 0 Å². The van der Waals surface area contributed by atoms with Crippen molar-refractivity contribution >= 4 is 23.8 Å². The summed E-state index contributed by atoms with van der Waals surface area (Å²) in [6, 6.07) is -2.81. The van der Waals surface area contributed by atoms with Crippen molar-refractivity contribution in [2.45, 2.75) is 68.4 Å². The van der Waals surface area contributed by atoms with Gasteiger partial charge in [-0.2, -0.15) is 0 Å². The molecule has 3 heterocycles. The summed E-state index contributed by atoms with van der Waals surface area (Å²) in [7, 11) is 0. The fourth-order valence-corrected chi connectivity index (χ4v) is 4.48. The third kappa shape index (κ3) is 7.82. The van der Waals surface area contributed by atoms with E-state index in [-0.39, 0.29) is 17.0 Å². The smallest absolute Gasteiger partial charge is 0.326 e. The van der Waals surface area contributed by atoms with E-state index in [4.69, 9.17) is 15.6 Å². The first-order valence-electron chi connectivity index (χ1n) is 13.1. The normalized spacial score (nSPS) is 23.1. The molecule has 0 bridgehead atoms. The van der Waals surface area contributed by atoms with Crippen LogP contribution >= 0.6 is 0 Å². The summed E-state index contributed by atoms with van der Waals surface area (Å²) >= 11 is 0. The Hall–Kier alpha value is -4.69. The molecule has 1 aliphatic heterocycles. The largest absolute Gasteiger partial charge is 0.506 e. The fourth-order valence-electron chi connectivity index (χ4n) is 4.48. The van der Waals surface area contributed by atoms with Gasteiger partial charge in [0.2, 0.25) is 11.8 Å². The van der Waals surface area contributed by atoms with E-state index >= 15 is 0 Å². The number of nitrogens with zero attached hydrogens (tertiary/aromatic N) is 1. The van der Waals surface area contributed by atoms with Gasteiger partial charge in [-0.25, -0.2) is 9.59 Å². The molecule has 240 valence electrons. The predicted molar refractivity (Wildman–Crippen MR) is 144 cm³/mol. The molecular weight excluding hydrogens is 592 g/mol. The number of pyridine rings is 1. The Morgan fingerprint density at radius 2 is 1.77 bits per heavy atom. The predicted octanol–water partition coefficient (Wildman–Crippen LogP) is -4.06. The molecule has 0 saturated carbocycles. The highest BCUT2D eigenvalue weighted by Crippen LogP contribution is 2.33. The molecule has 0 spiro atoms. The summed E-state index contributed by atoms with van der Waals surface area (Å²) in [5.74, 6) is -6.64. The first-order chi connectivity index (χ1) is 20.6. The van der Waals surface area contributed by atoms with Crippen LogP contribution in [0.2, 0.25) is 0 Å². The van der Waals surface area contributed by atoms with E-state index in [2.05, 4.69) is 20.6 Å². The molecule has 1 saturated heterocycles. The minimum absolute atomic E-state index is 0.0437. The molecule has 9 atom stereocenters. The zero-order valence-electron chi connectivity index (χ0n) is 23.0. The third-order valence-corrected chi connectivity index (χ3v) is 7.07. The number of aromatic nitrogens is 3. The molecule has 1 aliphatic rings. The monoisotopic (exact) mass is 624 g/mol. The summed E-state index contributed by atoms with van der Waals surface area (Å²) in [6.07, 6.45) is -8.06. The lowest BCUT2D eigenvalue weighted by molar-refractivity contribution is -0.145. The highest BCUT2D eigenvalue weighted by Gasteiger charge is 2.51. The molecule has 1 fully saturated rings. The lowest BCUT2D eigenvalue weighted by Gasteiger charge is -2.30. The standard InChI is InChI=1S/C25H32N6O13/c1-8(16(35)11-3-2-9(32)6-27-11)14(26)22(39)30-15(23(40)29-12(24(41)42)4-5-13(33)34)20-18(37)17(36)19(44-20)10-7-28-25(43)31-21(10)38/h2-3,6-8,12,14-20,32,35-37H,4-5,26H2,1H3,(H,29,40)(H,30,39)(H,33,34)(H,41,42)(H2,28,31,38,43). The fraction of sp³-hybridized carbons (Fsp3) is 0.480. The number of rotatable bonds is 13. The average Bonchev–Trinajstić information content (AvgIpc) is 3.25. The highest BCUT2D eigenvalue weighted by atomic mass is 16.5. The first kappa shape index (κ1) is 33.8. The van der Waals surface area contributed by atoms with Crippen LogP contribution in [-0.4, -0.2) is 106 Å². The van der Waals surface area contributed by atoms with Gasteiger partial charge in [0.15, 0.2) is 0 Å². The lowest BCUT2D eigenvalue weighted by atomic mass is 9.92. The van der Waals surface area contributed by atoms with Crippen molar-refractivity contribution < 1.29 is 54.6 Å². The van der Waals surface area contributed by atoms with Crippen molar-refractivity contribution in [1.29, 1.82) is 0 Å². The topological polar surface area (TPSA) is 328 Å². The van der Waals surface area contributed by atoms with E-state index < -0.39 is 102 Å². The average molecular weight is 625 g/mol. The number of nitrogens with one attached hydrogen (secondary N) is 4. The van der Waals surface area contributed by atoms with Crippen molar-refractivity contribution in [3.8, 4) is 5.75 Å². The number of hydrogen-bond donors (Lipinski definition) is 11. The minimum atomic E-state index is -1.99. The molecular formula is C25H32N6O13. The summed E-state index contributed by atoms with van der Waals surface area (Å²) in [5, 5.41) is 64.3. The number of amides is 2. The zero-order chi connectivity index (χ0) is 32.9. The molecule has 19 heteroatoms. The zero-order valence-corrected chi connectivity index (χ0v) is 23.0. The first-order valence-corrected chi connectivity index (χ1v) is 13.1. The SMILES string of the molecule is CC(C(N)C(=O)NC(C(=O)NC(CCC(=O)O)C(=O)O)C1OC(c2c[nH]c(=O)[nH]c2=O)C(O)C1O)C(O)c1ccc(O)cn1. The number of H-pyrrole nitrogens is 2. The molecule has 0 aliphatic carbocycles. The molecule has 2 aromatic rings. The van der Waals surface area contributed by atoms with Crippen LogP contribution in [0.25, 0.3) is 0 Å². The number of carboxylic acids is 2. The highest BCUT2D eigenvalue weighted by molar-refractivity contribution is 5.92. The maximum atomic E-state index is 13.4. The molecule has 44 heavy (non-hydrogen) atoms. The number of carboxylic acid groups (broad SMARTS) is 2. The van der Waals surface area contributed by atoms with Crippen molar-refractivity contribution in [1.82, 2.24) is 25.6 Å². The Bertz CT molecular complexity index is 1480. The molecule has 3 rings (SSSR count). The van der Waals surface area contributed by atoms with Crippen LogP contribution < -0.4 is 27.6 Å². The van der Waals surface area contributed by atoms with Gasteiger partial charge in [-0.3, -0.25) is 29.1 Å². The Morgan fingerprint density at radius 3 is 2.34 bits per heavy atom. The molecule has 2 amide bonds. The number of aliphatic hydroxyl groups is 3. The number of carbonyl (C=O) groups excluding carboxylic acids is 2. The van der Waals surface area contributed by atoms with Crippen LogP contribution in [0.1, 0.15) is 43.2 Å². The maximum Gasteiger partial charge on any atom is 0.326 e. The molecule has 12 N–H and O–H groups in total. The number of hydrogen-bond acceptors (Lipinski definition) is 13. The second-order valence-electron chi connectivity index (χ2n) is 10.1. The van der Waals surface area contributed by atoms with Gasteiger partial charge in [0, 0.05) is 18.5 Å². The van der Waals surface area contributed by atoms with Crippen LogP contribution in [0.3, 0.4) is 0 Å². The summed E-state index contributed by atoms with van der Waals surface area (Å²) < 4.78 is 5.60. The number of aromatic amines is 2. The molecule has 9 unspecified atom stereocenters. The van der Waals surface area contributed by atoms with Gasteiger partial charge in [0.25, 0.3) is 5.56 Å². The number of carbonyl (C=O) groups is 4. The van der Waals surface area contributed by atoms with E-state index in [1.807, 2.05) is 4.98 Å². The van der Waals surface area contributed by atoms with E-state index in [1.165, 1.54) is 19.1 Å². The number of aliphatic carboxylic acids is 2. The number of nitrogens with two attached hydrogens (primary N) is 1. The third-order valence-electron chi connectivity index (χ3n) is 7.07. The quantitative estimate of drug-likeness (QED) is 0.101. The number of aromatic hydroxyl groups is 1. The van der Waals surface area contributed by atoms with E-state index in [1.54, 1.807) is 0 Å². The summed E-state index contributed by atoms with van der Waals surface area (Å²) in [6.45, 7) is 1.37. The van der Waals surface area contributed by atoms with Crippen LogP contribution in [0.15, 0.2) is 34.1 Å². The Kier molecular flexibility index (Phi) is 10.9. The van der Waals surface area contributed by atoms with E-state index in [0.717, 1.165) is 12.4 Å². The van der Waals surface area contributed by atoms with Crippen LogP contribution in [-0.2, 0) is 23.9 Å². The second kappa shape index (κ2) is 14.2. The lowest BCUT2D eigenvalue weighted by Crippen LogP contribution is -2.61. The number of ether oxygens (including phenoxy) is 1. The van der Waals surface area contributed by atoms with Crippen LogP contribution in [0.5, 0.6) is 5.75 Å².